The van der Waals surface area contributed by atoms with E-state index >= 15 is 0 Å². The molecule has 67 heavy (non-hydrogen) atoms. The second-order valence-corrected chi connectivity index (χ2v) is 18.0. The summed E-state index contributed by atoms with van der Waals surface area (Å²) >= 11 is 0. The molecule has 1 saturated heterocycles. The first-order chi connectivity index (χ1) is 32.5. The topological polar surface area (TPSA) is 186 Å². The Hall–Kier alpha value is -6.47. The van der Waals surface area contributed by atoms with E-state index in [4.69, 9.17) is 23.3 Å². The van der Waals surface area contributed by atoms with Gasteiger partial charge in [-0.2, -0.15) is 10.2 Å². The molecule has 2 aromatic heterocycles. The van der Waals surface area contributed by atoms with Crippen molar-refractivity contribution in [2.75, 3.05) is 45.9 Å². The zero-order valence-corrected chi connectivity index (χ0v) is 39.5. The highest BCUT2D eigenvalue weighted by molar-refractivity contribution is 7.44. The van der Waals surface area contributed by atoms with Crippen LogP contribution in [0.3, 0.4) is 0 Å². The number of aromatic amines is 1. The van der Waals surface area contributed by atoms with Gasteiger partial charge in [0, 0.05) is 36.8 Å². The number of H-pyrrole nitrogens is 1. The molecule has 2 amide bonds. The van der Waals surface area contributed by atoms with E-state index in [9.17, 15) is 19.6 Å². The zero-order valence-electron chi connectivity index (χ0n) is 38.6. The van der Waals surface area contributed by atoms with Crippen LogP contribution in [0.25, 0.3) is 11.2 Å². The van der Waals surface area contributed by atoms with Crippen LogP contribution in [-0.4, -0.2) is 99.6 Å². The standard InChI is InChI=1S/C50H57N8O8P/c1-34(2)58(35(3)4)67(65-29-13-27-51)66-31-28-57-43(42(48(57)61)32-56-33-52-44-45(56)53-49(55-47(44)60)54-46(59)36-14-9-7-10-15-36)26-30-64-50(37-16-11-8-12-17-37,38-18-22-40(62-5)23-19-38)39-20-24-41(63-6)25-21-39/h7-12,14-25,33-35,42-43H,13,26,28-32H2,1-6H3,(H2,53,54,55,59,60). The Balaban J connectivity index is 1.20. The summed E-state index contributed by atoms with van der Waals surface area (Å²) in [5, 5.41) is 11.9. The Morgan fingerprint density at radius 2 is 1.42 bits per heavy atom. The second kappa shape index (κ2) is 22.3. The quantitative estimate of drug-likeness (QED) is 0.0274. The lowest BCUT2D eigenvalue weighted by molar-refractivity contribution is -0.160. The van der Waals surface area contributed by atoms with Gasteiger partial charge in [0.15, 0.2) is 11.2 Å². The zero-order chi connectivity index (χ0) is 47.5. The molecule has 16 nitrogen and oxygen atoms in total. The number of likely N-dealkylation sites (tertiary alicyclic amines) is 1. The highest BCUT2D eigenvalue weighted by Gasteiger charge is 2.48. The highest BCUT2D eigenvalue weighted by atomic mass is 31.2. The van der Waals surface area contributed by atoms with Crippen molar-refractivity contribution in [2.24, 2.45) is 5.92 Å². The number of β-lactam (4-membered cyclic amide) rings is 1. The minimum atomic E-state index is -1.54. The van der Waals surface area contributed by atoms with E-state index in [1.807, 2.05) is 83.8 Å². The number of anilines is 1. The summed E-state index contributed by atoms with van der Waals surface area (Å²) in [6.07, 6.45) is 2.14. The van der Waals surface area contributed by atoms with Gasteiger partial charge in [-0.05, 0) is 87.2 Å². The fourth-order valence-electron chi connectivity index (χ4n) is 8.57. The molecule has 2 N–H and O–H groups in total. The van der Waals surface area contributed by atoms with Crippen LogP contribution in [0, 0.1) is 17.2 Å². The lowest BCUT2D eigenvalue weighted by Crippen LogP contribution is -2.63. The van der Waals surface area contributed by atoms with Crippen LogP contribution < -0.4 is 20.3 Å². The van der Waals surface area contributed by atoms with Crippen molar-refractivity contribution < 1.29 is 32.8 Å². The molecule has 17 heteroatoms. The number of methoxy groups -OCH3 is 2. The number of fused-ring (bicyclic) bond motifs is 1. The maximum atomic E-state index is 14.4. The third-order valence-electron chi connectivity index (χ3n) is 11.7. The molecule has 0 aliphatic carbocycles. The Morgan fingerprint density at radius 1 is 0.836 bits per heavy atom. The number of hydrogen-bond donors (Lipinski definition) is 2. The minimum absolute atomic E-state index is 0.0450. The lowest BCUT2D eigenvalue weighted by Gasteiger charge is -2.48. The van der Waals surface area contributed by atoms with Crippen LogP contribution in [0.5, 0.6) is 11.5 Å². The van der Waals surface area contributed by atoms with E-state index in [0.717, 1.165) is 16.7 Å². The SMILES string of the molecule is COc1ccc(C(OCCC2C(Cn3cnc4c(=O)[nH]c(NC(=O)c5ccccc5)nc43)C(=O)N2CCOP(OCCC#N)N(C(C)C)C(C)C)(c2ccccc2)c2ccc(OC)cc2)cc1. The van der Waals surface area contributed by atoms with Gasteiger partial charge in [0.1, 0.15) is 17.1 Å². The number of nitrogens with zero attached hydrogens (tertiary/aromatic N) is 6. The Bertz CT molecular complexity index is 2620. The van der Waals surface area contributed by atoms with E-state index in [2.05, 4.69) is 58.7 Å². The van der Waals surface area contributed by atoms with Crippen molar-refractivity contribution in [1.82, 2.24) is 29.1 Å². The normalized spacial score (nSPS) is 15.5. The smallest absolute Gasteiger partial charge is 0.280 e. The number of hydrogen-bond acceptors (Lipinski definition) is 12. The molecular weight excluding hydrogens is 872 g/mol. The van der Waals surface area contributed by atoms with Crippen LogP contribution in [0.4, 0.5) is 5.95 Å². The first kappa shape index (κ1) is 48.5. The number of benzene rings is 4. The van der Waals surface area contributed by atoms with Gasteiger partial charge >= 0.3 is 0 Å². The molecule has 0 saturated carbocycles. The van der Waals surface area contributed by atoms with Crippen molar-refractivity contribution in [3.05, 3.63) is 148 Å². The number of carbonyl (C=O) groups excluding carboxylic acids is 2. The Labute approximate surface area is 391 Å². The first-order valence-electron chi connectivity index (χ1n) is 22.3. The summed E-state index contributed by atoms with van der Waals surface area (Å²) in [5.74, 6) is 0.239. The summed E-state index contributed by atoms with van der Waals surface area (Å²) in [5.41, 5.74) is 1.72. The maximum absolute atomic E-state index is 14.4. The molecule has 1 aliphatic rings. The molecule has 0 spiro atoms. The number of rotatable bonds is 23. The predicted molar refractivity (Wildman–Crippen MR) is 256 cm³/mol. The molecular formula is C50H57N8O8P. The van der Waals surface area contributed by atoms with E-state index < -0.39 is 31.5 Å². The van der Waals surface area contributed by atoms with Gasteiger partial charge in [0.05, 0.1) is 58.8 Å². The van der Waals surface area contributed by atoms with Crippen molar-refractivity contribution in [3.8, 4) is 17.6 Å². The lowest BCUT2D eigenvalue weighted by atomic mass is 9.79. The van der Waals surface area contributed by atoms with Crippen molar-refractivity contribution in [2.45, 2.75) is 70.8 Å². The number of ether oxygens (including phenoxy) is 3. The molecule has 1 aliphatic heterocycles. The number of nitriles is 1. The molecule has 6 aromatic rings. The van der Waals surface area contributed by atoms with E-state index in [1.165, 1.54) is 6.33 Å². The largest absolute Gasteiger partial charge is 0.497 e. The minimum Gasteiger partial charge on any atom is -0.497 e. The van der Waals surface area contributed by atoms with Gasteiger partial charge < -0.3 is 32.7 Å². The van der Waals surface area contributed by atoms with E-state index in [0.29, 0.717) is 23.5 Å². The van der Waals surface area contributed by atoms with Gasteiger partial charge in [0.2, 0.25) is 11.9 Å². The Kier molecular flexibility index (Phi) is 16.2. The number of nitrogens with one attached hydrogen (secondary N) is 2. The monoisotopic (exact) mass is 928 g/mol. The molecule has 350 valence electrons. The number of carbonyl (C=O) groups is 2. The summed E-state index contributed by atoms with van der Waals surface area (Å²) < 4.78 is 34.8. The number of amides is 2. The molecule has 4 aromatic carbocycles. The van der Waals surface area contributed by atoms with Crippen molar-refractivity contribution in [3.63, 3.8) is 0 Å². The molecule has 3 atom stereocenters. The first-order valence-corrected chi connectivity index (χ1v) is 23.4. The fourth-order valence-corrected chi connectivity index (χ4v) is 10.2. The highest BCUT2D eigenvalue weighted by Crippen LogP contribution is 2.47. The summed E-state index contributed by atoms with van der Waals surface area (Å²) in [4.78, 5) is 54.1. The average Bonchev–Trinajstić information content (AvgIpc) is 3.76. The van der Waals surface area contributed by atoms with Crippen LogP contribution in [-0.2, 0) is 30.7 Å². The average molecular weight is 929 g/mol. The van der Waals surface area contributed by atoms with Gasteiger partial charge in [-0.25, -0.2) is 9.65 Å². The number of imidazole rings is 1. The number of aromatic nitrogens is 4. The molecule has 3 heterocycles. The Morgan fingerprint density at radius 3 is 2.00 bits per heavy atom. The maximum Gasteiger partial charge on any atom is 0.280 e. The summed E-state index contributed by atoms with van der Waals surface area (Å²) in [7, 11) is 1.72. The van der Waals surface area contributed by atoms with Crippen molar-refractivity contribution in [1.29, 1.82) is 5.26 Å². The third-order valence-corrected chi connectivity index (χ3v) is 13.8. The van der Waals surface area contributed by atoms with Crippen LogP contribution in [0.1, 0.15) is 67.6 Å². The fraction of sp³-hybridized carbons (Fsp3) is 0.360. The second-order valence-electron chi connectivity index (χ2n) is 16.5. The van der Waals surface area contributed by atoms with E-state index in [1.54, 1.807) is 49.1 Å². The molecule has 1 fully saturated rings. The van der Waals surface area contributed by atoms with Gasteiger partial charge in [-0.15, -0.1) is 0 Å². The molecule has 3 unspecified atom stereocenters. The van der Waals surface area contributed by atoms with Crippen LogP contribution in [0.15, 0.2) is 120 Å². The molecule has 0 radical (unpaired) electrons. The van der Waals surface area contributed by atoms with Gasteiger partial charge in [-0.1, -0.05) is 72.8 Å². The van der Waals surface area contributed by atoms with Crippen LogP contribution in [0.2, 0.25) is 0 Å². The van der Waals surface area contributed by atoms with Crippen LogP contribution >= 0.6 is 8.53 Å². The summed E-state index contributed by atoms with van der Waals surface area (Å²) in [6, 6.07) is 36.2. The van der Waals surface area contributed by atoms with Gasteiger partial charge in [-0.3, -0.25) is 24.7 Å². The van der Waals surface area contributed by atoms with E-state index in [-0.39, 0.29) is 80.5 Å². The summed E-state index contributed by atoms with van der Waals surface area (Å²) in [6.45, 7) is 9.33. The third kappa shape index (κ3) is 10.9. The predicted octanol–water partition coefficient (Wildman–Crippen LogP) is 7.91. The van der Waals surface area contributed by atoms with Crippen molar-refractivity contribution >= 4 is 37.5 Å². The molecule has 0 bridgehead atoms. The van der Waals surface area contributed by atoms with Gasteiger partial charge in [0.25, 0.3) is 20.0 Å². The molecule has 7 rings (SSSR count).